The number of aliphatic hydroxyl groups is 4. The van der Waals surface area contributed by atoms with Crippen molar-refractivity contribution in [2.24, 2.45) is 0 Å². The molecule has 0 saturated carbocycles. The van der Waals surface area contributed by atoms with Gasteiger partial charge in [0.2, 0.25) is 0 Å². The van der Waals surface area contributed by atoms with Gasteiger partial charge in [-0.3, -0.25) is 4.79 Å². The van der Waals surface area contributed by atoms with Crippen LogP contribution in [-0.2, 0) is 23.7 Å². The van der Waals surface area contributed by atoms with Crippen LogP contribution in [0.3, 0.4) is 0 Å². The molecule has 0 amide bonds. The summed E-state index contributed by atoms with van der Waals surface area (Å²) in [5, 5.41) is 40.1. The minimum Gasteiger partial charge on any atom is -0.457 e. The van der Waals surface area contributed by atoms with Gasteiger partial charge < -0.3 is 39.4 Å². The maximum absolute atomic E-state index is 12.8. The topological polar surface area (TPSA) is 135 Å². The van der Waals surface area contributed by atoms with E-state index < -0.39 is 43.4 Å². The molecule has 1 aliphatic heterocycles. The lowest BCUT2D eigenvalue weighted by Crippen LogP contribution is -2.59. The van der Waals surface area contributed by atoms with Crippen molar-refractivity contribution in [3.63, 3.8) is 0 Å². The maximum Gasteiger partial charge on any atom is 0.306 e. The van der Waals surface area contributed by atoms with Gasteiger partial charge in [-0.25, -0.2) is 0 Å². The van der Waals surface area contributed by atoms with Crippen molar-refractivity contribution in [2.75, 3.05) is 26.4 Å². The summed E-state index contributed by atoms with van der Waals surface area (Å²) >= 11 is 0. The van der Waals surface area contributed by atoms with Crippen molar-refractivity contribution in [1.29, 1.82) is 0 Å². The van der Waals surface area contributed by atoms with Gasteiger partial charge in [0.05, 0.1) is 19.8 Å². The Balaban J connectivity index is 2.29. The zero-order valence-electron chi connectivity index (χ0n) is 36.8. The monoisotopic (exact) mass is 819 g/mol. The van der Waals surface area contributed by atoms with E-state index in [1.807, 2.05) is 0 Å². The molecular weight excluding hydrogens is 733 g/mol. The molecule has 0 aliphatic carbocycles. The average molecular weight is 819 g/mol. The third kappa shape index (κ3) is 30.9. The average Bonchev–Trinajstić information content (AvgIpc) is 3.22. The molecule has 336 valence electrons. The molecule has 6 unspecified atom stereocenters. The molecule has 4 N–H and O–H groups in total. The molecule has 9 heteroatoms. The predicted molar refractivity (Wildman–Crippen MR) is 238 cm³/mol. The van der Waals surface area contributed by atoms with Gasteiger partial charge >= 0.3 is 5.97 Å². The van der Waals surface area contributed by atoms with Gasteiger partial charge in [-0.05, 0) is 51.4 Å². The molecule has 1 fully saturated rings. The lowest BCUT2D eigenvalue weighted by atomic mass is 9.99. The first-order valence-corrected chi connectivity index (χ1v) is 23.4. The minimum atomic E-state index is -1.55. The van der Waals surface area contributed by atoms with E-state index in [0.29, 0.717) is 13.0 Å². The van der Waals surface area contributed by atoms with Crippen molar-refractivity contribution in [1.82, 2.24) is 0 Å². The number of ether oxygens (including phenoxy) is 4. The first-order valence-electron chi connectivity index (χ1n) is 23.4. The number of carbonyl (C=O) groups is 1. The van der Waals surface area contributed by atoms with Crippen LogP contribution in [0.25, 0.3) is 0 Å². The predicted octanol–water partition coefficient (Wildman–Crippen LogP) is 10.7. The number of hydrogen-bond acceptors (Lipinski definition) is 9. The highest BCUT2D eigenvalue weighted by Gasteiger charge is 2.44. The standard InChI is InChI=1S/C49H86O9/c1-3-5-7-9-11-13-15-17-19-21-23-25-27-29-31-33-35-37-39-55-41-43(42-56-49-48(54)47(53)46(52)44(40-50)58-49)57-45(51)38-36-34-32-30-28-26-24-22-20-18-16-14-12-10-8-6-4-2/h6,8,12,14,18,20,24,26,30,32,43-44,46-50,52-54H,3-5,7,9-11,13,15-17,19,21-23,25,27-29,31,33-42H2,1-2H3/b8-6-,14-12-,20-18-,26-24-,32-30-. The van der Waals surface area contributed by atoms with Gasteiger partial charge in [-0.1, -0.05) is 184 Å². The molecule has 6 atom stereocenters. The molecule has 0 bridgehead atoms. The Morgan fingerprint density at radius 2 is 1.03 bits per heavy atom. The number of unbranched alkanes of at least 4 members (excludes halogenated alkanes) is 18. The van der Waals surface area contributed by atoms with Crippen LogP contribution in [0.5, 0.6) is 0 Å². The van der Waals surface area contributed by atoms with Crippen molar-refractivity contribution in [3.8, 4) is 0 Å². The van der Waals surface area contributed by atoms with Crippen LogP contribution >= 0.6 is 0 Å². The third-order valence-corrected chi connectivity index (χ3v) is 10.4. The van der Waals surface area contributed by atoms with E-state index in [0.717, 1.165) is 51.4 Å². The molecule has 0 aromatic heterocycles. The van der Waals surface area contributed by atoms with Crippen molar-refractivity contribution in [2.45, 2.75) is 218 Å². The number of aliphatic hydroxyl groups excluding tert-OH is 4. The van der Waals surface area contributed by atoms with E-state index in [1.165, 1.54) is 103 Å². The van der Waals surface area contributed by atoms with Crippen LogP contribution in [0, 0.1) is 0 Å². The second-order valence-corrected chi connectivity index (χ2v) is 15.8. The summed E-state index contributed by atoms with van der Waals surface area (Å²) in [6, 6.07) is 0. The second-order valence-electron chi connectivity index (χ2n) is 15.8. The number of carbonyl (C=O) groups excluding carboxylic acids is 1. The summed E-state index contributed by atoms with van der Waals surface area (Å²) in [7, 11) is 0. The van der Waals surface area contributed by atoms with Crippen LogP contribution in [-0.4, -0.2) is 89.6 Å². The lowest BCUT2D eigenvalue weighted by Gasteiger charge is -2.39. The van der Waals surface area contributed by atoms with Crippen LogP contribution in [0.1, 0.15) is 181 Å². The number of hydrogen-bond donors (Lipinski definition) is 4. The summed E-state index contributed by atoms with van der Waals surface area (Å²) < 4.78 is 22.8. The Morgan fingerprint density at radius 3 is 1.52 bits per heavy atom. The minimum absolute atomic E-state index is 0.122. The van der Waals surface area contributed by atoms with Crippen LogP contribution in [0.15, 0.2) is 60.8 Å². The maximum atomic E-state index is 12.8. The Hall–Kier alpha value is -2.11. The first-order chi connectivity index (χ1) is 28.4. The van der Waals surface area contributed by atoms with Crippen LogP contribution in [0.4, 0.5) is 0 Å². The van der Waals surface area contributed by atoms with Crippen molar-refractivity contribution in [3.05, 3.63) is 60.8 Å². The number of allylic oxidation sites excluding steroid dienone is 10. The molecule has 0 spiro atoms. The second kappa shape index (κ2) is 40.3. The van der Waals surface area contributed by atoms with E-state index in [-0.39, 0.29) is 25.6 Å². The molecule has 1 heterocycles. The van der Waals surface area contributed by atoms with E-state index >= 15 is 0 Å². The molecule has 1 saturated heterocycles. The van der Waals surface area contributed by atoms with Crippen molar-refractivity contribution >= 4 is 5.97 Å². The molecule has 1 aliphatic rings. The Labute approximate surface area is 354 Å². The van der Waals surface area contributed by atoms with E-state index in [2.05, 4.69) is 74.6 Å². The highest BCUT2D eigenvalue weighted by atomic mass is 16.7. The Morgan fingerprint density at radius 1 is 0.569 bits per heavy atom. The largest absolute Gasteiger partial charge is 0.457 e. The van der Waals surface area contributed by atoms with Gasteiger partial charge in [0, 0.05) is 13.0 Å². The molecule has 9 nitrogen and oxygen atoms in total. The van der Waals surface area contributed by atoms with E-state index in [9.17, 15) is 25.2 Å². The van der Waals surface area contributed by atoms with Gasteiger partial charge in [0.1, 0.15) is 30.5 Å². The summed E-state index contributed by atoms with van der Waals surface area (Å²) in [6.07, 6.45) is 44.0. The molecule has 0 aromatic carbocycles. The Bertz CT molecular complexity index is 1070. The van der Waals surface area contributed by atoms with Gasteiger partial charge in [-0.2, -0.15) is 0 Å². The summed E-state index contributed by atoms with van der Waals surface area (Å²) in [4.78, 5) is 12.8. The van der Waals surface area contributed by atoms with E-state index in [4.69, 9.17) is 18.9 Å². The fourth-order valence-corrected chi connectivity index (χ4v) is 6.82. The molecule has 0 aromatic rings. The third-order valence-electron chi connectivity index (χ3n) is 10.4. The van der Waals surface area contributed by atoms with Crippen LogP contribution < -0.4 is 0 Å². The SMILES string of the molecule is CC/C=C\C/C=C\C/C=C\C/C=C\C/C=C\CCCC(=O)OC(COCCCCCCCCCCCCCCCCCCCC)COC1OC(CO)C(O)C(O)C1O. The van der Waals surface area contributed by atoms with Gasteiger partial charge in [-0.15, -0.1) is 0 Å². The first kappa shape index (κ1) is 53.9. The fraction of sp³-hybridized carbons (Fsp3) is 0.776. The normalized spacial score (nSPS) is 20.8. The number of esters is 1. The van der Waals surface area contributed by atoms with Gasteiger partial charge in [0.25, 0.3) is 0 Å². The highest BCUT2D eigenvalue weighted by Crippen LogP contribution is 2.22. The van der Waals surface area contributed by atoms with Gasteiger partial charge in [0.15, 0.2) is 6.29 Å². The highest BCUT2D eigenvalue weighted by molar-refractivity contribution is 5.69. The van der Waals surface area contributed by atoms with Crippen molar-refractivity contribution < 1.29 is 44.2 Å². The summed E-state index contributed by atoms with van der Waals surface area (Å²) in [5.74, 6) is -0.369. The zero-order valence-corrected chi connectivity index (χ0v) is 36.8. The summed E-state index contributed by atoms with van der Waals surface area (Å²) in [5.41, 5.74) is 0. The Kier molecular flexibility index (Phi) is 37.5. The van der Waals surface area contributed by atoms with E-state index in [1.54, 1.807) is 0 Å². The molecule has 0 radical (unpaired) electrons. The quantitative estimate of drug-likeness (QED) is 0.0272. The molecule has 58 heavy (non-hydrogen) atoms. The van der Waals surface area contributed by atoms with Crippen LogP contribution in [0.2, 0.25) is 0 Å². The lowest BCUT2D eigenvalue weighted by molar-refractivity contribution is -0.305. The molecule has 1 rings (SSSR count). The number of rotatable bonds is 39. The smallest absolute Gasteiger partial charge is 0.306 e. The molecular formula is C49H86O9. The fourth-order valence-electron chi connectivity index (χ4n) is 6.82. The summed E-state index contributed by atoms with van der Waals surface area (Å²) in [6.45, 7) is 4.39. The zero-order chi connectivity index (χ0) is 42.2.